The first-order chi connectivity index (χ1) is 25.5. The number of likely N-dealkylation sites (N-methyl/N-ethyl adjacent to an activating group) is 2. The molecule has 2 fully saturated rings. The zero-order valence-corrected chi connectivity index (χ0v) is 31.0. The number of carboxylic acids is 1. The molecule has 0 radical (unpaired) electrons. The first-order valence-corrected chi connectivity index (χ1v) is 18.8. The lowest BCUT2D eigenvalue weighted by atomic mass is 9.86. The summed E-state index contributed by atoms with van der Waals surface area (Å²) in [6, 6.07) is 5.60. The molecule has 2 amide bonds. The van der Waals surface area contributed by atoms with Crippen molar-refractivity contribution in [1.29, 1.82) is 0 Å². The van der Waals surface area contributed by atoms with E-state index in [1.807, 2.05) is 18.9 Å². The minimum Gasteiger partial charge on any atom is -0.479 e. The number of aliphatic hydroxyl groups is 3. The number of aliphatic hydroxyl groups excluding tert-OH is 3. The number of ether oxygens (including phenoxy) is 3. The first kappa shape index (κ1) is 40.4. The molecule has 1 aliphatic heterocycles. The van der Waals surface area contributed by atoms with Crippen LogP contribution in [0.5, 0.6) is 5.75 Å². The van der Waals surface area contributed by atoms with Gasteiger partial charge >= 0.3 is 18.1 Å². The minimum atomic E-state index is -3.31. The van der Waals surface area contributed by atoms with Crippen LogP contribution in [0.3, 0.4) is 0 Å². The first-order valence-electron chi connectivity index (χ1n) is 17.2. The lowest BCUT2D eigenvalue weighted by Crippen LogP contribution is -2.61. The third kappa shape index (κ3) is 8.93. The van der Waals surface area contributed by atoms with Gasteiger partial charge in [0, 0.05) is 52.5 Å². The number of nitrogens with two attached hydrogens (primary N) is 1. The molecule has 3 heterocycles. The molecule has 20 nitrogen and oxygen atoms in total. The van der Waals surface area contributed by atoms with E-state index < -0.39 is 52.8 Å². The topological polar surface area (TPSA) is 272 Å². The van der Waals surface area contributed by atoms with Crippen LogP contribution in [0.1, 0.15) is 31.7 Å². The Labute approximate surface area is 311 Å². The van der Waals surface area contributed by atoms with Crippen molar-refractivity contribution < 1.29 is 57.4 Å². The maximum Gasteiger partial charge on any atom is 0.409 e. The summed E-state index contributed by atoms with van der Waals surface area (Å²) in [5.74, 6) is -0.868. The quantitative estimate of drug-likeness (QED) is 0.115. The summed E-state index contributed by atoms with van der Waals surface area (Å²) in [4.78, 5) is 51.0. The number of nitrogen functional groups attached to an aromatic ring is 1. The predicted octanol–water partition coefficient (Wildman–Crippen LogP) is -0.250. The van der Waals surface area contributed by atoms with Crippen molar-refractivity contribution in [2.45, 2.75) is 75.6 Å². The van der Waals surface area contributed by atoms with Crippen LogP contribution in [-0.2, 0) is 30.9 Å². The number of carboxylic acid groups (broad SMARTS) is 1. The van der Waals surface area contributed by atoms with Gasteiger partial charge in [-0.15, -0.1) is 0 Å². The highest BCUT2D eigenvalue weighted by Crippen LogP contribution is 2.33. The fraction of sp³-hybridized carbons (Fsp3) is 0.545. The number of fused-ring (bicyclic) bond motifs is 1. The maximum absolute atomic E-state index is 13.4. The molecule has 2 aliphatic rings. The molecule has 1 aliphatic carbocycles. The number of anilines is 2. The average molecular weight is 779 g/mol. The number of nitrogens with one attached hydrogen (secondary N) is 1. The molecule has 7 N–H and O–H groups in total. The van der Waals surface area contributed by atoms with Gasteiger partial charge in [-0.1, -0.05) is 13.0 Å². The van der Waals surface area contributed by atoms with E-state index in [1.165, 1.54) is 45.9 Å². The van der Waals surface area contributed by atoms with Gasteiger partial charge in [0.2, 0.25) is 16.3 Å². The van der Waals surface area contributed by atoms with Gasteiger partial charge in [-0.05, 0) is 43.0 Å². The molecule has 1 aromatic carbocycles. The summed E-state index contributed by atoms with van der Waals surface area (Å²) >= 11 is 0. The zero-order valence-electron chi connectivity index (χ0n) is 30.2. The summed E-state index contributed by atoms with van der Waals surface area (Å²) < 4.78 is 44.4. The van der Waals surface area contributed by atoms with Crippen LogP contribution in [0.15, 0.2) is 36.8 Å². The summed E-state index contributed by atoms with van der Waals surface area (Å²) in [5, 5.41) is 40.0. The SMILES string of the molecule is CCCS(=O)(=O)NC1CC(N(C)c2ncnc3c2ccn3C(=O)N(C)CCN(C)C(=O)OCc2ccc(O[C@@H]3O[C@H](C(=O)O)[C@@H](O)[C@H](O)[C@H]3O)c(N)c2)C1. The number of aliphatic carboxylic acids is 1. The van der Waals surface area contributed by atoms with Crippen molar-refractivity contribution in [2.75, 3.05) is 50.6 Å². The van der Waals surface area contributed by atoms with Gasteiger partial charge in [-0.25, -0.2) is 37.5 Å². The molecule has 5 atom stereocenters. The number of benzene rings is 1. The smallest absolute Gasteiger partial charge is 0.409 e. The third-order valence-electron chi connectivity index (χ3n) is 9.38. The molecule has 5 rings (SSSR count). The summed E-state index contributed by atoms with van der Waals surface area (Å²) in [6.07, 6.45) is -4.90. The van der Waals surface area contributed by atoms with Crippen LogP contribution < -0.4 is 20.1 Å². The van der Waals surface area contributed by atoms with Crippen LogP contribution >= 0.6 is 0 Å². The zero-order chi connectivity index (χ0) is 39.5. The molecule has 54 heavy (non-hydrogen) atoms. The van der Waals surface area contributed by atoms with E-state index in [-0.39, 0.29) is 55.0 Å². The highest BCUT2D eigenvalue weighted by atomic mass is 32.2. The van der Waals surface area contributed by atoms with Crippen LogP contribution in [0.4, 0.5) is 21.1 Å². The van der Waals surface area contributed by atoms with Gasteiger partial charge in [0.05, 0.1) is 16.8 Å². The van der Waals surface area contributed by atoms with Crippen molar-refractivity contribution in [3.05, 3.63) is 42.4 Å². The van der Waals surface area contributed by atoms with Crippen molar-refractivity contribution in [1.82, 2.24) is 29.1 Å². The molecule has 2 aromatic heterocycles. The Morgan fingerprint density at radius 2 is 1.74 bits per heavy atom. The molecule has 3 aromatic rings. The number of amides is 2. The highest BCUT2D eigenvalue weighted by molar-refractivity contribution is 7.89. The Kier molecular flexibility index (Phi) is 12.5. The standard InChI is InChI=1S/C33H46N8O12S/c1-5-12-54(49,50)37-19-14-20(15-19)40(4)28-21-8-9-41(29(21)36-17-35-28)32(47)38(2)10-11-39(3)33(48)51-16-18-6-7-23(22(34)13-18)52-31-26(44)24(42)25(43)27(53-31)30(45)46/h6-9,13,17,19-20,24-27,31,37,42-44H,5,10-12,14-16,34H2,1-4H3,(H,45,46)/t19?,20?,24-,25-,26+,27-,31+/m0/s1. The largest absolute Gasteiger partial charge is 0.479 e. The summed E-state index contributed by atoms with van der Waals surface area (Å²) in [5.41, 5.74) is 6.96. The van der Waals surface area contributed by atoms with E-state index >= 15 is 0 Å². The number of carbonyl (C=O) groups excluding carboxylic acids is 2. The number of nitrogens with zero attached hydrogens (tertiary/aromatic N) is 6. The van der Waals surface area contributed by atoms with Crippen LogP contribution in [0, 0.1) is 0 Å². The summed E-state index contributed by atoms with van der Waals surface area (Å²) in [7, 11) is 1.67. The van der Waals surface area contributed by atoms with E-state index in [0.29, 0.717) is 41.7 Å². The Balaban J connectivity index is 1.10. The number of sulfonamides is 1. The van der Waals surface area contributed by atoms with E-state index in [2.05, 4.69) is 14.7 Å². The molecular weight excluding hydrogens is 732 g/mol. The number of carbonyl (C=O) groups is 3. The molecular formula is C33H46N8O12S. The number of rotatable bonds is 14. The monoisotopic (exact) mass is 778 g/mol. The molecule has 0 spiro atoms. The highest BCUT2D eigenvalue weighted by Gasteiger charge is 2.48. The fourth-order valence-corrected chi connectivity index (χ4v) is 7.48. The Bertz CT molecular complexity index is 1940. The van der Waals surface area contributed by atoms with Gasteiger partial charge in [0.15, 0.2) is 11.8 Å². The summed E-state index contributed by atoms with van der Waals surface area (Å²) in [6.45, 7) is 1.92. The Morgan fingerprint density at radius 1 is 1.04 bits per heavy atom. The van der Waals surface area contributed by atoms with Gasteiger partial charge in [-0.2, -0.15) is 0 Å². The molecule has 296 valence electrons. The van der Waals surface area contributed by atoms with E-state index in [1.54, 1.807) is 19.3 Å². The Morgan fingerprint density at radius 3 is 2.41 bits per heavy atom. The van der Waals surface area contributed by atoms with E-state index in [4.69, 9.17) is 19.9 Å². The molecule has 1 saturated carbocycles. The van der Waals surface area contributed by atoms with Crippen LogP contribution in [0.25, 0.3) is 11.0 Å². The lowest BCUT2D eigenvalue weighted by molar-refractivity contribution is -0.271. The fourth-order valence-electron chi connectivity index (χ4n) is 6.12. The number of hydrogen-bond acceptors (Lipinski definition) is 15. The predicted molar refractivity (Wildman–Crippen MR) is 192 cm³/mol. The van der Waals surface area contributed by atoms with Crippen molar-refractivity contribution in [3.63, 3.8) is 0 Å². The van der Waals surface area contributed by atoms with Gasteiger partial charge in [0.1, 0.15) is 42.8 Å². The second kappa shape index (κ2) is 16.7. The normalized spacial score (nSPS) is 24.0. The van der Waals surface area contributed by atoms with Crippen molar-refractivity contribution in [3.8, 4) is 5.75 Å². The second-order valence-corrected chi connectivity index (χ2v) is 15.3. The molecule has 21 heteroatoms. The van der Waals surface area contributed by atoms with Crippen LogP contribution in [-0.4, -0.2) is 154 Å². The van der Waals surface area contributed by atoms with Gasteiger partial charge in [-0.3, -0.25) is 4.57 Å². The van der Waals surface area contributed by atoms with Crippen molar-refractivity contribution in [2.24, 2.45) is 0 Å². The van der Waals surface area contributed by atoms with Gasteiger partial charge < -0.3 is 55.1 Å². The molecule has 1 saturated heterocycles. The van der Waals surface area contributed by atoms with E-state index in [0.717, 1.165) is 0 Å². The molecule has 0 unspecified atom stereocenters. The number of hydrogen-bond donors (Lipinski definition) is 6. The average Bonchev–Trinajstić information content (AvgIpc) is 3.55. The number of aromatic nitrogens is 3. The maximum atomic E-state index is 13.4. The minimum absolute atomic E-state index is 0.0152. The van der Waals surface area contributed by atoms with E-state index in [9.17, 15) is 43.2 Å². The molecule has 0 bridgehead atoms. The van der Waals surface area contributed by atoms with Crippen LogP contribution in [0.2, 0.25) is 0 Å². The van der Waals surface area contributed by atoms with Gasteiger partial charge in [0.25, 0.3) is 0 Å². The lowest BCUT2D eigenvalue weighted by Gasteiger charge is -2.41. The third-order valence-corrected chi connectivity index (χ3v) is 11.0. The van der Waals surface area contributed by atoms with Crippen molar-refractivity contribution >= 4 is 50.7 Å². The second-order valence-electron chi connectivity index (χ2n) is 13.4. The Hall–Kier alpha value is -4.80.